The first-order valence-corrected chi connectivity index (χ1v) is 14.3. The Morgan fingerprint density at radius 2 is 1.70 bits per heavy atom. The first kappa shape index (κ1) is 26.1. The van der Waals surface area contributed by atoms with Crippen LogP contribution in [0.3, 0.4) is 0 Å². The van der Waals surface area contributed by atoms with E-state index in [0.717, 1.165) is 42.5 Å². The second-order valence-electron chi connectivity index (χ2n) is 10.8. The Hall–Kier alpha value is -4.19. The Balaban J connectivity index is 1.53. The molecule has 6 rings (SSSR count). The van der Waals surface area contributed by atoms with Crippen molar-refractivity contribution in [1.29, 1.82) is 0 Å². The Kier molecular flexibility index (Phi) is 6.78. The lowest BCUT2D eigenvalue weighted by molar-refractivity contribution is -0.145. The summed E-state index contributed by atoms with van der Waals surface area (Å²) in [5, 5.41) is 3.05. The van der Waals surface area contributed by atoms with Crippen LogP contribution in [0.25, 0.3) is 6.08 Å². The molecule has 0 aliphatic carbocycles. The molecular weight excluding hydrogens is 500 g/mol. The highest BCUT2D eigenvalue weighted by Crippen LogP contribution is 2.57. The fourth-order valence-electron chi connectivity index (χ4n) is 6.91. The summed E-state index contributed by atoms with van der Waals surface area (Å²) in [5.41, 5.74) is 3.51. The van der Waals surface area contributed by atoms with E-state index in [4.69, 9.17) is 4.74 Å². The largest absolute Gasteiger partial charge is 0.464 e. The van der Waals surface area contributed by atoms with Crippen molar-refractivity contribution < 1.29 is 19.1 Å². The lowest BCUT2D eigenvalue weighted by atomic mass is 9.64. The van der Waals surface area contributed by atoms with Crippen LogP contribution in [-0.4, -0.2) is 36.4 Å². The van der Waals surface area contributed by atoms with Gasteiger partial charge in [-0.2, -0.15) is 0 Å². The molecule has 6 nitrogen and oxygen atoms in total. The zero-order valence-electron chi connectivity index (χ0n) is 22.9. The molecule has 0 saturated carbocycles. The van der Waals surface area contributed by atoms with Crippen LogP contribution in [0.2, 0.25) is 0 Å². The molecule has 0 unspecified atom stereocenters. The molecule has 40 heavy (non-hydrogen) atoms. The van der Waals surface area contributed by atoms with Gasteiger partial charge in [0.15, 0.2) is 5.78 Å². The minimum atomic E-state index is -1.31. The number of benzene rings is 3. The van der Waals surface area contributed by atoms with Gasteiger partial charge in [-0.1, -0.05) is 92.6 Å². The molecule has 3 aliphatic rings. The SMILES string of the molecule is CCCCCc1ccc(C(=O)[C@H]2[C@H](C(=O)OCC)N3c4ccccc4C=C[C@H]3[C@]23C(=O)Nc2ccccc23)cc1. The molecule has 6 heteroatoms. The van der Waals surface area contributed by atoms with Gasteiger partial charge in [0.1, 0.15) is 11.5 Å². The van der Waals surface area contributed by atoms with E-state index in [2.05, 4.69) is 12.2 Å². The summed E-state index contributed by atoms with van der Waals surface area (Å²) in [4.78, 5) is 44.7. The average molecular weight is 535 g/mol. The monoisotopic (exact) mass is 534 g/mol. The van der Waals surface area contributed by atoms with Crippen molar-refractivity contribution in [3.05, 3.63) is 101 Å². The number of Topliss-reactive ketones (excluding diaryl/α,β-unsaturated/α-hetero) is 1. The number of ketones is 1. The molecule has 3 aliphatic heterocycles. The van der Waals surface area contributed by atoms with Crippen LogP contribution in [0.4, 0.5) is 11.4 Å². The number of ether oxygens (including phenoxy) is 1. The van der Waals surface area contributed by atoms with E-state index in [1.54, 1.807) is 6.92 Å². The molecule has 1 saturated heterocycles. The molecule has 1 spiro atoms. The molecule has 0 aromatic heterocycles. The van der Waals surface area contributed by atoms with E-state index in [-0.39, 0.29) is 18.3 Å². The Morgan fingerprint density at radius 1 is 0.950 bits per heavy atom. The normalized spacial score (nSPS) is 23.9. The van der Waals surface area contributed by atoms with Crippen molar-refractivity contribution in [3.8, 4) is 0 Å². The van der Waals surface area contributed by atoms with Gasteiger partial charge in [-0.05, 0) is 48.6 Å². The van der Waals surface area contributed by atoms with Gasteiger partial charge in [-0.15, -0.1) is 0 Å². The number of hydrogen-bond donors (Lipinski definition) is 1. The van der Waals surface area contributed by atoms with E-state index >= 15 is 0 Å². The van der Waals surface area contributed by atoms with Gasteiger partial charge in [-0.3, -0.25) is 9.59 Å². The first-order chi connectivity index (χ1) is 19.5. The molecule has 0 radical (unpaired) electrons. The molecule has 204 valence electrons. The number of anilines is 2. The molecule has 3 aromatic carbocycles. The van der Waals surface area contributed by atoms with Crippen molar-refractivity contribution in [3.63, 3.8) is 0 Å². The highest BCUT2D eigenvalue weighted by Gasteiger charge is 2.70. The van der Waals surface area contributed by atoms with E-state index in [1.807, 2.05) is 89.8 Å². The fraction of sp³-hybridized carbons (Fsp3) is 0.324. The number of amides is 1. The third-order valence-electron chi connectivity index (χ3n) is 8.66. The summed E-state index contributed by atoms with van der Waals surface area (Å²) in [7, 11) is 0. The summed E-state index contributed by atoms with van der Waals surface area (Å²) >= 11 is 0. The number of nitrogens with zero attached hydrogens (tertiary/aromatic N) is 1. The lowest BCUT2D eigenvalue weighted by Gasteiger charge is -2.37. The van der Waals surface area contributed by atoms with Crippen LogP contribution in [0.5, 0.6) is 0 Å². The quantitative estimate of drug-likeness (QED) is 0.219. The first-order valence-electron chi connectivity index (χ1n) is 14.3. The summed E-state index contributed by atoms with van der Waals surface area (Å²) in [6.45, 7) is 4.11. The summed E-state index contributed by atoms with van der Waals surface area (Å²) in [6.07, 6.45) is 8.32. The van der Waals surface area contributed by atoms with Gasteiger partial charge < -0.3 is 15.0 Å². The van der Waals surface area contributed by atoms with Crippen molar-refractivity contribution >= 4 is 35.1 Å². The van der Waals surface area contributed by atoms with Crippen LogP contribution in [0.15, 0.2) is 78.9 Å². The number of esters is 1. The molecule has 3 heterocycles. The molecule has 1 fully saturated rings. The zero-order valence-corrected chi connectivity index (χ0v) is 22.9. The summed E-state index contributed by atoms with van der Waals surface area (Å²) in [5.74, 6) is -2.00. The van der Waals surface area contributed by atoms with Crippen LogP contribution in [0, 0.1) is 5.92 Å². The number of nitrogens with one attached hydrogen (secondary N) is 1. The van der Waals surface area contributed by atoms with E-state index < -0.39 is 29.4 Å². The number of para-hydroxylation sites is 2. The topological polar surface area (TPSA) is 75.7 Å². The number of aryl methyl sites for hydroxylation is 1. The van der Waals surface area contributed by atoms with Gasteiger partial charge in [-0.25, -0.2) is 4.79 Å². The third-order valence-corrected chi connectivity index (χ3v) is 8.66. The molecule has 3 aromatic rings. The van der Waals surface area contributed by atoms with Crippen LogP contribution < -0.4 is 10.2 Å². The smallest absolute Gasteiger partial charge is 0.329 e. The van der Waals surface area contributed by atoms with Gasteiger partial charge >= 0.3 is 5.97 Å². The zero-order chi connectivity index (χ0) is 27.9. The van der Waals surface area contributed by atoms with Crippen LogP contribution >= 0.6 is 0 Å². The lowest BCUT2D eigenvalue weighted by Crippen LogP contribution is -2.51. The van der Waals surface area contributed by atoms with Crippen molar-refractivity contribution in [2.45, 2.75) is 57.0 Å². The summed E-state index contributed by atoms with van der Waals surface area (Å²) < 4.78 is 5.62. The minimum Gasteiger partial charge on any atom is -0.464 e. The van der Waals surface area contributed by atoms with Crippen molar-refractivity contribution in [2.24, 2.45) is 5.92 Å². The van der Waals surface area contributed by atoms with Gasteiger partial charge in [0, 0.05) is 16.9 Å². The molecule has 1 N–H and O–H groups in total. The van der Waals surface area contributed by atoms with Gasteiger partial charge in [0.05, 0.1) is 18.6 Å². The molecule has 1 amide bonds. The van der Waals surface area contributed by atoms with Crippen LogP contribution in [0.1, 0.15) is 60.2 Å². The van der Waals surface area contributed by atoms with E-state index in [9.17, 15) is 14.4 Å². The predicted octanol–water partition coefficient (Wildman–Crippen LogP) is 5.96. The van der Waals surface area contributed by atoms with Gasteiger partial charge in [0.2, 0.25) is 5.91 Å². The Morgan fingerprint density at radius 3 is 2.48 bits per heavy atom. The maximum atomic E-state index is 14.7. The van der Waals surface area contributed by atoms with E-state index in [0.29, 0.717) is 11.3 Å². The van der Waals surface area contributed by atoms with Crippen LogP contribution in [-0.2, 0) is 26.2 Å². The Labute approximate surface area is 235 Å². The number of fused-ring (bicyclic) bond motifs is 6. The number of carbonyl (C=O) groups excluding carboxylic acids is 3. The highest BCUT2D eigenvalue weighted by atomic mass is 16.5. The minimum absolute atomic E-state index is 0.175. The number of unbranched alkanes of at least 4 members (excludes halogenated alkanes) is 2. The maximum absolute atomic E-state index is 14.7. The second-order valence-corrected chi connectivity index (χ2v) is 10.8. The predicted molar refractivity (Wildman–Crippen MR) is 156 cm³/mol. The molecular formula is C34H34N2O4. The fourth-order valence-corrected chi connectivity index (χ4v) is 6.91. The third kappa shape index (κ3) is 3.88. The summed E-state index contributed by atoms with van der Waals surface area (Å²) in [6, 6.07) is 21.5. The molecule has 4 atom stereocenters. The number of hydrogen-bond acceptors (Lipinski definition) is 5. The van der Waals surface area contributed by atoms with Crippen molar-refractivity contribution in [1.82, 2.24) is 0 Å². The molecule has 0 bridgehead atoms. The average Bonchev–Trinajstić information content (AvgIpc) is 3.46. The number of rotatable bonds is 8. The highest BCUT2D eigenvalue weighted by molar-refractivity contribution is 6.16. The number of carbonyl (C=O) groups is 3. The van der Waals surface area contributed by atoms with E-state index in [1.165, 1.54) is 5.56 Å². The van der Waals surface area contributed by atoms with Gasteiger partial charge in [0.25, 0.3) is 0 Å². The Bertz CT molecular complexity index is 1490. The maximum Gasteiger partial charge on any atom is 0.329 e. The standard InChI is InChI=1S/C34H34N2O4/c1-3-5-6-11-22-16-18-24(19-17-22)31(37)29-30(32(38)40-4-2)36-27-15-10-7-12-23(27)20-21-28(36)34(29)25-13-8-9-14-26(25)35-33(34)39/h7-10,12-21,28-30H,3-6,11H2,1-2H3,(H,35,39)/t28-,29+,30+,34-/m0/s1. The second kappa shape index (κ2) is 10.4. The van der Waals surface area contributed by atoms with Crippen molar-refractivity contribution in [2.75, 3.05) is 16.8 Å².